The smallest absolute Gasteiger partial charge is 0.166 e. The first kappa shape index (κ1) is 20.2. The summed E-state index contributed by atoms with van der Waals surface area (Å²) in [7, 11) is 0. The lowest BCUT2D eigenvalue weighted by Crippen LogP contribution is -2.10. The van der Waals surface area contributed by atoms with Crippen LogP contribution in [0.2, 0.25) is 0 Å². The Morgan fingerprint density at radius 1 is 1.16 bits per heavy atom. The normalized spacial score (nSPS) is 14.9. The van der Waals surface area contributed by atoms with Crippen LogP contribution in [0.3, 0.4) is 0 Å². The van der Waals surface area contributed by atoms with Gasteiger partial charge in [-0.25, -0.2) is 9.37 Å². The summed E-state index contributed by atoms with van der Waals surface area (Å²) < 4.78 is 23.4. The molecule has 1 aromatic carbocycles. The van der Waals surface area contributed by atoms with Crippen LogP contribution in [-0.4, -0.2) is 19.7 Å². The topological polar surface area (TPSA) is 78.9 Å². The van der Waals surface area contributed by atoms with Gasteiger partial charge in [0, 0.05) is 53.2 Å². The highest BCUT2D eigenvalue weighted by molar-refractivity contribution is 5.74. The third-order valence-electron chi connectivity index (χ3n) is 5.98. The minimum absolute atomic E-state index is 0.323. The maximum atomic E-state index is 15.2. The minimum Gasteiger partial charge on any atom is -0.482 e. The molecule has 0 unspecified atom stereocenters. The second-order valence-corrected chi connectivity index (χ2v) is 8.12. The Labute approximate surface area is 185 Å². The maximum Gasteiger partial charge on any atom is 0.166 e. The van der Waals surface area contributed by atoms with Gasteiger partial charge in [0.15, 0.2) is 11.6 Å². The molecular formula is C25H24FN5O. The van der Waals surface area contributed by atoms with Crippen molar-refractivity contribution in [3.8, 4) is 28.1 Å². The van der Waals surface area contributed by atoms with E-state index in [0.717, 1.165) is 39.1 Å². The minimum atomic E-state index is -0.342. The molecule has 0 spiro atoms. The molecule has 7 heteroatoms. The molecule has 4 aromatic rings. The average molecular weight is 429 g/mol. The summed E-state index contributed by atoms with van der Waals surface area (Å²) in [4.78, 5) is 8.54. The van der Waals surface area contributed by atoms with Crippen molar-refractivity contribution in [2.45, 2.75) is 39.8 Å². The van der Waals surface area contributed by atoms with Crippen molar-refractivity contribution in [1.82, 2.24) is 19.7 Å². The predicted octanol–water partition coefficient (Wildman–Crippen LogP) is 5.10. The summed E-state index contributed by atoms with van der Waals surface area (Å²) in [6.07, 6.45) is 6.55. The zero-order valence-electron chi connectivity index (χ0n) is 18.3. The molecule has 0 saturated carbocycles. The number of rotatable bonds is 1. The van der Waals surface area contributed by atoms with Gasteiger partial charge in [0.25, 0.3) is 0 Å². The van der Waals surface area contributed by atoms with Gasteiger partial charge in [-0.2, -0.15) is 5.10 Å². The zero-order valence-corrected chi connectivity index (χ0v) is 18.3. The van der Waals surface area contributed by atoms with Crippen LogP contribution in [0.25, 0.3) is 22.4 Å². The Balaban J connectivity index is 1.84. The summed E-state index contributed by atoms with van der Waals surface area (Å²) in [5, 5.41) is 4.54. The molecule has 0 amide bonds. The molecule has 6 nitrogen and oxygen atoms in total. The van der Waals surface area contributed by atoms with Gasteiger partial charge in [-0.15, -0.1) is 0 Å². The lowest BCUT2D eigenvalue weighted by Gasteiger charge is -2.22. The molecule has 1 aliphatic heterocycles. The van der Waals surface area contributed by atoms with Crippen LogP contribution in [0.1, 0.15) is 42.2 Å². The molecule has 162 valence electrons. The van der Waals surface area contributed by atoms with E-state index in [0.29, 0.717) is 30.1 Å². The van der Waals surface area contributed by atoms with E-state index in [9.17, 15) is 0 Å². The van der Waals surface area contributed by atoms with Gasteiger partial charge in [0.1, 0.15) is 11.9 Å². The second-order valence-electron chi connectivity index (χ2n) is 8.12. The fourth-order valence-electron chi connectivity index (χ4n) is 4.39. The maximum absolute atomic E-state index is 15.2. The molecule has 32 heavy (non-hydrogen) atoms. The van der Waals surface area contributed by atoms with Crippen molar-refractivity contribution in [2.75, 3.05) is 5.73 Å². The van der Waals surface area contributed by atoms with Gasteiger partial charge in [0.05, 0.1) is 18.1 Å². The summed E-state index contributed by atoms with van der Waals surface area (Å²) in [6, 6.07) is 7.98. The van der Waals surface area contributed by atoms with E-state index < -0.39 is 0 Å². The number of benzene rings is 1. The third-order valence-corrected chi connectivity index (χ3v) is 5.98. The van der Waals surface area contributed by atoms with Gasteiger partial charge >= 0.3 is 0 Å². The second kappa shape index (κ2) is 7.75. The lowest BCUT2D eigenvalue weighted by atomic mass is 9.90. The molecule has 4 heterocycles. The van der Waals surface area contributed by atoms with Gasteiger partial charge in [0.2, 0.25) is 0 Å². The van der Waals surface area contributed by atoms with E-state index in [4.69, 9.17) is 10.5 Å². The van der Waals surface area contributed by atoms with Crippen molar-refractivity contribution < 1.29 is 9.13 Å². The average Bonchev–Trinajstić information content (AvgIpc) is 3.18. The highest BCUT2D eigenvalue weighted by Crippen LogP contribution is 2.39. The molecular weight excluding hydrogens is 405 g/mol. The Morgan fingerprint density at radius 3 is 2.81 bits per heavy atom. The van der Waals surface area contributed by atoms with Crippen molar-refractivity contribution in [3.05, 3.63) is 77.1 Å². The van der Waals surface area contributed by atoms with Crippen molar-refractivity contribution in [2.24, 2.45) is 0 Å². The fraction of sp³-hybridized carbons (Fsp3) is 0.240. The van der Waals surface area contributed by atoms with Crippen LogP contribution in [0.5, 0.6) is 5.75 Å². The Bertz CT molecular complexity index is 1330. The molecule has 0 saturated heterocycles. The molecule has 3 aromatic heterocycles. The summed E-state index contributed by atoms with van der Waals surface area (Å²) in [5.74, 6) is 0.491. The first-order chi connectivity index (χ1) is 15.5. The Morgan fingerprint density at radius 2 is 2.00 bits per heavy atom. The van der Waals surface area contributed by atoms with E-state index in [1.807, 2.05) is 43.7 Å². The summed E-state index contributed by atoms with van der Waals surface area (Å²) >= 11 is 0. The third kappa shape index (κ3) is 3.30. The fourth-order valence-corrected chi connectivity index (χ4v) is 4.39. The molecule has 2 bridgehead atoms. The molecule has 0 radical (unpaired) electrons. The Hall–Kier alpha value is -3.74. The van der Waals surface area contributed by atoms with Crippen molar-refractivity contribution >= 4 is 5.82 Å². The van der Waals surface area contributed by atoms with Crippen LogP contribution in [0, 0.1) is 12.7 Å². The molecule has 1 atom stereocenters. The number of nitrogens with zero attached hydrogens (tertiary/aromatic N) is 4. The van der Waals surface area contributed by atoms with E-state index >= 15 is 4.39 Å². The first-order valence-electron chi connectivity index (χ1n) is 10.7. The number of aryl methyl sites for hydroxylation is 2. The van der Waals surface area contributed by atoms with Crippen molar-refractivity contribution in [3.63, 3.8) is 0 Å². The van der Waals surface area contributed by atoms with Crippen LogP contribution in [0.15, 0.2) is 49.1 Å². The van der Waals surface area contributed by atoms with Gasteiger partial charge in [-0.3, -0.25) is 9.67 Å². The molecule has 2 N–H and O–H groups in total. The van der Waals surface area contributed by atoms with E-state index in [1.165, 1.54) is 6.20 Å². The Kier molecular flexibility index (Phi) is 4.89. The molecule has 0 fully saturated rings. The number of pyridine rings is 2. The largest absolute Gasteiger partial charge is 0.482 e. The van der Waals surface area contributed by atoms with Crippen LogP contribution >= 0.6 is 0 Å². The zero-order chi connectivity index (χ0) is 22.4. The quantitative estimate of drug-likeness (QED) is 0.455. The highest BCUT2D eigenvalue weighted by atomic mass is 19.1. The van der Waals surface area contributed by atoms with Gasteiger partial charge in [-0.05, 0) is 32.4 Å². The molecule has 0 aliphatic carbocycles. The van der Waals surface area contributed by atoms with Crippen LogP contribution in [-0.2, 0) is 13.0 Å². The molecule has 1 aliphatic rings. The summed E-state index contributed by atoms with van der Waals surface area (Å²) in [6.45, 7) is 6.67. The van der Waals surface area contributed by atoms with Crippen molar-refractivity contribution in [1.29, 1.82) is 0 Å². The van der Waals surface area contributed by atoms with Gasteiger partial charge < -0.3 is 10.5 Å². The predicted molar refractivity (Wildman–Crippen MR) is 122 cm³/mol. The van der Waals surface area contributed by atoms with E-state index in [2.05, 4.69) is 21.1 Å². The number of hydrogen-bond acceptors (Lipinski definition) is 5. The SMILES string of the molecule is CCn1ncc2c1-c1cnc(N)c(c1)O[C@H](C)c1cc(C)ccc1-c1cncc(F)c1C2. The van der Waals surface area contributed by atoms with Crippen LogP contribution < -0.4 is 10.5 Å². The number of nitrogen functional groups attached to an aromatic ring is 1. The first-order valence-corrected chi connectivity index (χ1v) is 10.7. The van der Waals surface area contributed by atoms with E-state index in [-0.39, 0.29) is 11.9 Å². The molecule has 5 rings (SSSR count). The summed E-state index contributed by atoms with van der Waals surface area (Å²) in [5.41, 5.74) is 13.0. The number of hydrogen-bond donors (Lipinski definition) is 1. The number of aromatic nitrogens is 4. The van der Waals surface area contributed by atoms with Gasteiger partial charge in [-0.1, -0.05) is 23.8 Å². The van der Waals surface area contributed by atoms with Crippen LogP contribution in [0.4, 0.5) is 10.2 Å². The monoisotopic (exact) mass is 429 g/mol. The number of nitrogens with two attached hydrogens (primary N) is 1. The number of fused-ring (bicyclic) bond motifs is 7. The number of anilines is 1. The highest BCUT2D eigenvalue weighted by Gasteiger charge is 2.24. The number of ether oxygens (including phenoxy) is 1. The lowest BCUT2D eigenvalue weighted by molar-refractivity contribution is 0.228. The standard InChI is InChI=1S/C25H24FN5O/c1-4-31-24-16(11-30-31)8-20-21(12-28-13-22(20)26)18-6-5-14(2)7-19(18)15(3)32-23-9-17(24)10-29-25(23)27/h5-7,9-13,15H,4,8H2,1-3H3,(H2,27,29)/t15-/m1/s1. The van der Waals surface area contributed by atoms with E-state index in [1.54, 1.807) is 18.6 Å². The number of halogens is 1.